The fraction of sp³-hybridized carbons (Fsp3) is 0.105. The number of hydrogen-bond donors (Lipinski definition) is 2. The quantitative estimate of drug-likeness (QED) is 0.748. The molecule has 25 heavy (non-hydrogen) atoms. The Morgan fingerprint density at radius 3 is 2.28 bits per heavy atom. The molecule has 0 aliphatic heterocycles. The Labute approximate surface area is 144 Å². The van der Waals surface area contributed by atoms with Gasteiger partial charge in [0.15, 0.2) is 5.69 Å². The third-order valence-corrected chi connectivity index (χ3v) is 3.64. The lowest BCUT2D eigenvalue weighted by Crippen LogP contribution is -2.26. The van der Waals surface area contributed by atoms with Crippen LogP contribution in [0.1, 0.15) is 39.4 Å². The zero-order valence-electron chi connectivity index (χ0n) is 13.6. The molecule has 2 N–H and O–H groups in total. The second-order valence-electron chi connectivity index (χ2n) is 5.46. The van der Waals surface area contributed by atoms with Gasteiger partial charge in [-0.05, 0) is 24.6 Å². The summed E-state index contributed by atoms with van der Waals surface area (Å²) in [5.41, 5.74) is 1.56. The maximum absolute atomic E-state index is 12.3. The standard InChI is InChI=1S/C19H17N3O3/c1-13(14-8-4-2-5-9-14)20-18(24)16-12-25-19(21-16)22-17(23)15-10-6-3-7-11-15/h2-13H,1H3,(H,20,24)(H,21,22,23). The number of hydrogen-bond acceptors (Lipinski definition) is 4. The van der Waals surface area contributed by atoms with Gasteiger partial charge in [0.1, 0.15) is 6.26 Å². The van der Waals surface area contributed by atoms with Crippen LogP contribution in [0.4, 0.5) is 6.01 Å². The SMILES string of the molecule is CC(NC(=O)c1coc(NC(=O)c2ccccc2)n1)c1ccccc1. The Kier molecular flexibility index (Phi) is 4.89. The molecule has 2 aromatic carbocycles. The summed E-state index contributed by atoms with van der Waals surface area (Å²) < 4.78 is 5.16. The number of nitrogens with one attached hydrogen (secondary N) is 2. The maximum atomic E-state index is 12.3. The molecule has 2 amide bonds. The average molecular weight is 335 g/mol. The van der Waals surface area contributed by atoms with Crippen molar-refractivity contribution in [1.82, 2.24) is 10.3 Å². The number of aromatic nitrogens is 1. The van der Waals surface area contributed by atoms with E-state index in [-0.39, 0.29) is 29.6 Å². The van der Waals surface area contributed by atoms with Crippen LogP contribution in [0.25, 0.3) is 0 Å². The fourth-order valence-electron chi connectivity index (χ4n) is 2.29. The summed E-state index contributed by atoms with van der Waals surface area (Å²) in [7, 11) is 0. The molecular formula is C19H17N3O3. The van der Waals surface area contributed by atoms with Crippen molar-refractivity contribution >= 4 is 17.8 Å². The van der Waals surface area contributed by atoms with Gasteiger partial charge in [-0.1, -0.05) is 48.5 Å². The summed E-state index contributed by atoms with van der Waals surface area (Å²) in [5, 5.41) is 5.36. The van der Waals surface area contributed by atoms with Gasteiger partial charge < -0.3 is 9.73 Å². The van der Waals surface area contributed by atoms with E-state index in [2.05, 4.69) is 15.6 Å². The van der Waals surface area contributed by atoms with Gasteiger partial charge in [-0.25, -0.2) is 0 Å². The van der Waals surface area contributed by atoms with Crippen molar-refractivity contribution in [3.05, 3.63) is 83.7 Å². The highest BCUT2D eigenvalue weighted by atomic mass is 16.4. The smallest absolute Gasteiger partial charge is 0.302 e. The van der Waals surface area contributed by atoms with Gasteiger partial charge in [0, 0.05) is 5.56 Å². The summed E-state index contributed by atoms with van der Waals surface area (Å²) in [6.45, 7) is 1.88. The largest absolute Gasteiger partial charge is 0.431 e. The second-order valence-corrected chi connectivity index (χ2v) is 5.46. The van der Waals surface area contributed by atoms with Gasteiger partial charge in [0.25, 0.3) is 11.8 Å². The minimum absolute atomic E-state index is 0.0219. The highest BCUT2D eigenvalue weighted by molar-refractivity contribution is 6.03. The molecule has 0 radical (unpaired) electrons. The zero-order chi connectivity index (χ0) is 17.6. The lowest BCUT2D eigenvalue weighted by molar-refractivity contribution is 0.0933. The second kappa shape index (κ2) is 7.44. The highest BCUT2D eigenvalue weighted by Crippen LogP contribution is 2.14. The van der Waals surface area contributed by atoms with Crippen LogP contribution in [0.2, 0.25) is 0 Å². The van der Waals surface area contributed by atoms with Crippen LogP contribution >= 0.6 is 0 Å². The molecule has 0 fully saturated rings. The van der Waals surface area contributed by atoms with Crippen molar-refractivity contribution in [2.45, 2.75) is 13.0 Å². The molecule has 1 unspecified atom stereocenters. The van der Waals surface area contributed by atoms with Crippen LogP contribution in [-0.4, -0.2) is 16.8 Å². The van der Waals surface area contributed by atoms with Crippen molar-refractivity contribution in [1.29, 1.82) is 0 Å². The number of anilines is 1. The van der Waals surface area contributed by atoms with Crippen molar-refractivity contribution in [3.8, 4) is 0 Å². The third kappa shape index (κ3) is 4.11. The molecule has 6 heteroatoms. The first-order valence-electron chi connectivity index (χ1n) is 7.81. The lowest BCUT2D eigenvalue weighted by atomic mass is 10.1. The first-order valence-corrected chi connectivity index (χ1v) is 7.81. The van der Waals surface area contributed by atoms with E-state index in [0.717, 1.165) is 5.56 Å². The normalized spacial score (nSPS) is 11.6. The molecule has 6 nitrogen and oxygen atoms in total. The molecule has 0 bridgehead atoms. The molecule has 0 saturated carbocycles. The van der Waals surface area contributed by atoms with E-state index in [9.17, 15) is 9.59 Å². The van der Waals surface area contributed by atoms with Gasteiger partial charge in [-0.15, -0.1) is 0 Å². The fourth-order valence-corrected chi connectivity index (χ4v) is 2.29. The van der Waals surface area contributed by atoms with E-state index in [1.165, 1.54) is 6.26 Å². The highest BCUT2D eigenvalue weighted by Gasteiger charge is 2.17. The molecule has 1 atom stereocenters. The molecule has 1 heterocycles. The lowest BCUT2D eigenvalue weighted by Gasteiger charge is -2.12. The van der Waals surface area contributed by atoms with Crippen LogP contribution in [-0.2, 0) is 0 Å². The first-order chi connectivity index (χ1) is 12.1. The molecule has 3 rings (SSSR count). The number of rotatable bonds is 5. The van der Waals surface area contributed by atoms with Crippen LogP contribution in [0.3, 0.4) is 0 Å². The van der Waals surface area contributed by atoms with Gasteiger partial charge in [0.2, 0.25) is 0 Å². The van der Waals surface area contributed by atoms with Crippen molar-refractivity contribution in [2.75, 3.05) is 5.32 Å². The molecule has 0 aliphatic carbocycles. The molecule has 3 aromatic rings. The van der Waals surface area contributed by atoms with Crippen LogP contribution < -0.4 is 10.6 Å². The number of nitrogens with zero attached hydrogens (tertiary/aromatic N) is 1. The van der Waals surface area contributed by atoms with E-state index in [1.54, 1.807) is 24.3 Å². The van der Waals surface area contributed by atoms with Gasteiger partial charge in [-0.3, -0.25) is 14.9 Å². The number of oxazole rings is 1. The van der Waals surface area contributed by atoms with Crippen molar-refractivity contribution in [3.63, 3.8) is 0 Å². The van der Waals surface area contributed by atoms with E-state index in [0.29, 0.717) is 5.56 Å². The summed E-state index contributed by atoms with van der Waals surface area (Å²) in [6, 6.07) is 18.1. The van der Waals surface area contributed by atoms with Crippen LogP contribution in [0.15, 0.2) is 71.3 Å². The first kappa shape index (κ1) is 16.4. The van der Waals surface area contributed by atoms with E-state index < -0.39 is 0 Å². The maximum Gasteiger partial charge on any atom is 0.302 e. The van der Waals surface area contributed by atoms with Crippen LogP contribution in [0, 0.1) is 0 Å². The molecule has 0 spiro atoms. The Morgan fingerprint density at radius 1 is 0.960 bits per heavy atom. The molecule has 1 aromatic heterocycles. The van der Waals surface area contributed by atoms with Gasteiger partial charge in [-0.2, -0.15) is 4.98 Å². The predicted octanol–water partition coefficient (Wildman–Crippen LogP) is 3.42. The molecule has 126 valence electrons. The van der Waals surface area contributed by atoms with E-state index in [1.807, 2.05) is 43.3 Å². The van der Waals surface area contributed by atoms with Gasteiger partial charge >= 0.3 is 6.01 Å². The van der Waals surface area contributed by atoms with E-state index >= 15 is 0 Å². The summed E-state index contributed by atoms with van der Waals surface area (Å²) in [4.78, 5) is 28.3. The van der Waals surface area contributed by atoms with Crippen molar-refractivity contribution < 1.29 is 14.0 Å². The molecular weight excluding hydrogens is 318 g/mol. The average Bonchev–Trinajstić information content (AvgIpc) is 3.12. The number of carbonyl (C=O) groups is 2. The van der Waals surface area contributed by atoms with Crippen molar-refractivity contribution in [2.24, 2.45) is 0 Å². The number of benzene rings is 2. The summed E-state index contributed by atoms with van der Waals surface area (Å²) in [5.74, 6) is -0.729. The molecule has 0 aliphatic rings. The zero-order valence-corrected chi connectivity index (χ0v) is 13.6. The summed E-state index contributed by atoms with van der Waals surface area (Å²) >= 11 is 0. The predicted molar refractivity (Wildman–Crippen MR) is 93.2 cm³/mol. The van der Waals surface area contributed by atoms with E-state index in [4.69, 9.17) is 4.42 Å². The number of amides is 2. The van der Waals surface area contributed by atoms with Crippen LogP contribution in [0.5, 0.6) is 0 Å². The summed E-state index contributed by atoms with van der Waals surface area (Å²) in [6.07, 6.45) is 1.22. The number of carbonyl (C=O) groups excluding carboxylic acids is 2. The van der Waals surface area contributed by atoms with Gasteiger partial charge in [0.05, 0.1) is 6.04 Å². The Bertz CT molecular complexity index is 860. The Balaban J connectivity index is 1.63. The topological polar surface area (TPSA) is 84.2 Å². The minimum atomic E-state index is -0.375. The Hall–Kier alpha value is -3.41. The monoisotopic (exact) mass is 335 g/mol. The Morgan fingerprint density at radius 2 is 1.60 bits per heavy atom. The minimum Gasteiger partial charge on any atom is -0.431 e. The molecule has 0 saturated heterocycles. The third-order valence-electron chi connectivity index (χ3n) is 3.64.